The van der Waals surface area contributed by atoms with E-state index >= 15 is 4.39 Å². The molecule has 3 aliphatic heterocycles. The van der Waals surface area contributed by atoms with Crippen LogP contribution in [0.1, 0.15) is 47.0 Å². The summed E-state index contributed by atoms with van der Waals surface area (Å²) >= 11 is 1.40. The number of thiazole rings is 1. The minimum atomic E-state index is -0.402. The summed E-state index contributed by atoms with van der Waals surface area (Å²) in [4.78, 5) is 31.0. The molecule has 2 aromatic heterocycles. The molecule has 0 spiro atoms. The van der Waals surface area contributed by atoms with Gasteiger partial charge in [0.1, 0.15) is 16.5 Å². The summed E-state index contributed by atoms with van der Waals surface area (Å²) in [6.45, 7) is 5.27. The number of benzene rings is 1. The van der Waals surface area contributed by atoms with Gasteiger partial charge in [0.2, 0.25) is 5.91 Å². The molecule has 3 fully saturated rings. The largest absolute Gasteiger partial charge is 0.389 e. The number of carbonyl (C=O) groups is 1. The van der Waals surface area contributed by atoms with E-state index in [-0.39, 0.29) is 17.6 Å². The van der Waals surface area contributed by atoms with Crippen LogP contribution in [-0.4, -0.2) is 103 Å². The lowest BCUT2D eigenvalue weighted by Crippen LogP contribution is -2.57. The molecule has 3 saturated heterocycles. The third-order valence-corrected chi connectivity index (χ3v) is 10.4. The smallest absolute Gasteiger partial charge is 0.236 e. The van der Waals surface area contributed by atoms with Crippen LogP contribution in [0.5, 0.6) is 0 Å². The summed E-state index contributed by atoms with van der Waals surface area (Å²) in [5.74, 6) is -0.0902. The molecule has 226 valence electrons. The summed E-state index contributed by atoms with van der Waals surface area (Å²) in [5.41, 5.74) is 5.02. The van der Waals surface area contributed by atoms with E-state index in [0.29, 0.717) is 69.4 Å². The number of piperazine rings is 1. The molecule has 0 atom stereocenters. The molecule has 1 aromatic carbocycles. The summed E-state index contributed by atoms with van der Waals surface area (Å²) in [5, 5.41) is 20.9. The Morgan fingerprint density at radius 1 is 1.19 bits per heavy atom. The number of hydrogen-bond donors (Lipinski definition) is 1. The molecular weight excluding hydrogens is 569 g/mol. The van der Waals surface area contributed by atoms with Crippen molar-refractivity contribution in [3.8, 4) is 6.07 Å². The zero-order valence-electron chi connectivity index (χ0n) is 24.4. The van der Waals surface area contributed by atoms with Crippen LogP contribution in [0.15, 0.2) is 12.1 Å². The Balaban J connectivity index is 1.18. The fourth-order valence-electron chi connectivity index (χ4n) is 6.85. The van der Waals surface area contributed by atoms with E-state index in [9.17, 15) is 15.2 Å². The molecule has 0 radical (unpaired) electrons. The van der Waals surface area contributed by atoms with Gasteiger partial charge in [-0.3, -0.25) is 9.69 Å². The summed E-state index contributed by atoms with van der Waals surface area (Å²) in [7, 11) is 1.97. The van der Waals surface area contributed by atoms with Gasteiger partial charge in [0.15, 0.2) is 10.9 Å². The Morgan fingerprint density at radius 3 is 2.67 bits per heavy atom. The van der Waals surface area contributed by atoms with Crippen molar-refractivity contribution in [2.75, 3.05) is 75.9 Å². The number of aromatic nitrogens is 2. The number of nitrogens with zero attached hydrogens (tertiary/aromatic N) is 7. The lowest BCUT2D eigenvalue weighted by Gasteiger charge is -2.40. The highest BCUT2D eigenvalue weighted by molar-refractivity contribution is 7.16. The number of likely N-dealkylation sites (tertiary alicyclic amines) is 1. The van der Waals surface area contributed by atoms with Crippen molar-refractivity contribution in [1.29, 1.82) is 5.26 Å². The van der Waals surface area contributed by atoms with E-state index < -0.39 is 6.10 Å². The van der Waals surface area contributed by atoms with Crippen molar-refractivity contribution < 1.29 is 19.0 Å². The third-order valence-electron chi connectivity index (χ3n) is 9.31. The monoisotopic (exact) mass is 605 g/mol. The third kappa shape index (κ3) is 5.33. The number of hydrogen-bond acceptors (Lipinski definition) is 10. The number of halogens is 1. The van der Waals surface area contributed by atoms with Crippen molar-refractivity contribution in [2.24, 2.45) is 0 Å². The van der Waals surface area contributed by atoms with Crippen LogP contribution in [0.25, 0.3) is 10.9 Å². The van der Waals surface area contributed by atoms with Crippen LogP contribution in [0.2, 0.25) is 0 Å². The van der Waals surface area contributed by atoms with Gasteiger partial charge in [-0.1, -0.05) is 11.3 Å². The van der Waals surface area contributed by atoms with E-state index in [4.69, 9.17) is 14.7 Å². The van der Waals surface area contributed by atoms with Crippen LogP contribution < -0.4 is 9.80 Å². The molecule has 43 heavy (non-hydrogen) atoms. The number of aliphatic hydroxyl groups is 1. The van der Waals surface area contributed by atoms with E-state index in [1.807, 2.05) is 11.9 Å². The number of aryl methyl sites for hydroxylation is 1. The molecule has 1 aliphatic carbocycles. The first-order valence-corrected chi connectivity index (χ1v) is 16.0. The standard InChI is InChI=1S/C31H36FN7O3S/c1-36(31-35-28(26(15-33)43-31)19-5-11-42-12-6-19)30-22-3-2-4-25(22)34-29-23(30)13-20(14-24(29)32)38-9-7-37(8-10-38)18-27(41)39-16-21(40)17-39/h13-14,19,21,40H,2-12,16-18H2,1H3. The molecular formula is C31H36FN7O3S. The number of aliphatic hydroxyl groups excluding tert-OH is 1. The number of fused-ring (bicyclic) bond motifs is 2. The Kier molecular flexibility index (Phi) is 7.67. The molecule has 0 unspecified atom stereocenters. The first-order chi connectivity index (χ1) is 20.9. The summed E-state index contributed by atoms with van der Waals surface area (Å²) in [6.07, 6.45) is 3.97. The van der Waals surface area contributed by atoms with Crippen LogP contribution in [0.4, 0.5) is 20.9 Å². The lowest BCUT2D eigenvalue weighted by atomic mass is 9.96. The number of β-amino-alcohol motifs (C(OH)–C–C–N with tert-alkyl or cyclic N) is 1. The highest BCUT2D eigenvalue weighted by atomic mass is 32.1. The molecule has 5 heterocycles. The fourth-order valence-corrected chi connectivity index (χ4v) is 7.77. The number of carbonyl (C=O) groups excluding carboxylic acids is 1. The first kappa shape index (κ1) is 28.4. The van der Waals surface area contributed by atoms with Gasteiger partial charge < -0.3 is 24.5 Å². The van der Waals surface area contributed by atoms with Gasteiger partial charge in [0, 0.05) is 82.2 Å². The maximum absolute atomic E-state index is 15.8. The first-order valence-electron chi connectivity index (χ1n) is 15.2. The second-order valence-corrected chi connectivity index (χ2v) is 13.0. The average Bonchev–Trinajstić information content (AvgIpc) is 3.66. The van der Waals surface area contributed by atoms with Gasteiger partial charge in [0.05, 0.1) is 24.0 Å². The zero-order valence-corrected chi connectivity index (χ0v) is 25.2. The molecule has 12 heteroatoms. The molecule has 3 aromatic rings. The topological polar surface area (TPSA) is 109 Å². The van der Waals surface area contributed by atoms with Gasteiger partial charge in [-0.15, -0.1) is 0 Å². The van der Waals surface area contributed by atoms with E-state index in [2.05, 4.69) is 21.9 Å². The Morgan fingerprint density at radius 2 is 1.95 bits per heavy atom. The number of ether oxygens (including phenoxy) is 1. The Hall–Kier alpha value is -3.37. The van der Waals surface area contributed by atoms with Crippen LogP contribution >= 0.6 is 11.3 Å². The fraction of sp³-hybridized carbons (Fsp3) is 0.548. The highest BCUT2D eigenvalue weighted by Gasteiger charge is 2.32. The maximum Gasteiger partial charge on any atom is 0.236 e. The second kappa shape index (κ2) is 11.6. The summed E-state index contributed by atoms with van der Waals surface area (Å²) < 4.78 is 21.4. The normalized spacial score (nSPS) is 19.9. The van der Waals surface area contributed by atoms with E-state index in [0.717, 1.165) is 70.9 Å². The number of nitriles is 1. The van der Waals surface area contributed by atoms with Crippen LogP contribution in [0, 0.1) is 17.1 Å². The number of amides is 1. The van der Waals surface area contributed by atoms with Crippen molar-refractivity contribution >= 4 is 44.7 Å². The van der Waals surface area contributed by atoms with Gasteiger partial charge in [-0.05, 0) is 49.8 Å². The van der Waals surface area contributed by atoms with Crippen LogP contribution in [0.3, 0.4) is 0 Å². The number of rotatable bonds is 6. The molecule has 0 saturated carbocycles. The number of pyridine rings is 1. The van der Waals surface area contributed by atoms with Gasteiger partial charge >= 0.3 is 0 Å². The van der Waals surface area contributed by atoms with Crippen LogP contribution in [-0.2, 0) is 22.4 Å². The van der Waals surface area contributed by atoms with E-state index in [1.165, 1.54) is 11.3 Å². The molecule has 1 amide bonds. The molecule has 4 aliphatic rings. The molecule has 0 bridgehead atoms. The predicted octanol–water partition coefficient (Wildman–Crippen LogP) is 3.18. The quantitative estimate of drug-likeness (QED) is 0.453. The zero-order chi connectivity index (χ0) is 29.7. The SMILES string of the molecule is CN(c1nc(C2CCOCC2)c(C#N)s1)c1c2c(nc3c(F)cc(N4CCN(CC(=O)N5CC(O)C5)CC4)cc13)CCC2. The van der Waals surface area contributed by atoms with Gasteiger partial charge in [-0.2, -0.15) is 5.26 Å². The molecule has 1 N–H and O–H groups in total. The predicted molar refractivity (Wildman–Crippen MR) is 163 cm³/mol. The van der Waals surface area contributed by atoms with Gasteiger partial charge in [-0.25, -0.2) is 14.4 Å². The van der Waals surface area contributed by atoms with E-state index in [1.54, 1.807) is 11.0 Å². The Bertz CT molecular complexity index is 1590. The highest BCUT2D eigenvalue weighted by Crippen LogP contribution is 2.43. The second-order valence-electron chi connectivity index (χ2n) is 12.0. The average molecular weight is 606 g/mol. The van der Waals surface area contributed by atoms with Crippen molar-refractivity contribution in [3.63, 3.8) is 0 Å². The Labute approximate surface area is 254 Å². The summed E-state index contributed by atoms with van der Waals surface area (Å²) in [6, 6.07) is 6.01. The number of anilines is 3. The van der Waals surface area contributed by atoms with Crippen molar-refractivity contribution in [1.82, 2.24) is 19.8 Å². The molecule has 7 rings (SSSR count). The lowest BCUT2D eigenvalue weighted by molar-refractivity contribution is -0.142. The van der Waals surface area contributed by atoms with Crippen molar-refractivity contribution in [2.45, 2.75) is 44.1 Å². The maximum atomic E-state index is 15.8. The van der Waals surface area contributed by atoms with Gasteiger partial charge in [0.25, 0.3) is 0 Å². The minimum absolute atomic E-state index is 0.0461. The minimum Gasteiger partial charge on any atom is -0.389 e. The molecule has 10 nitrogen and oxygen atoms in total. The van der Waals surface area contributed by atoms with Crippen molar-refractivity contribution in [3.05, 3.63) is 39.8 Å².